The highest BCUT2D eigenvalue weighted by atomic mass is 32.2. The van der Waals surface area contributed by atoms with Gasteiger partial charge in [0.05, 0.1) is 4.90 Å². The number of nitrogens with one attached hydrogen (secondary N) is 1. The van der Waals surface area contributed by atoms with Crippen LogP contribution in [0.15, 0.2) is 17.0 Å². The van der Waals surface area contributed by atoms with E-state index in [1.54, 1.807) is 26.8 Å². The molecular formula is C14H21NO4S. The third-order valence-corrected chi connectivity index (χ3v) is 5.02. The van der Waals surface area contributed by atoms with Gasteiger partial charge in [-0.05, 0) is 32.4 Å². The molecule has 0 aliphatic carbocycles. The summed E-state index contributed by atoms with van der Waals surface area (Å²) in [6.45, 7) is 9.11. The van der Waals surface area contributed by atoms with Crippen molar-refractivity contribution in [1.82, 2.24) is 4.72 Å². The minimum absolute atomic E-state index is 0.161. The van der Waals surface area contributed by atoms with E-state index in [1.165, 1.54) is 6.07 Å². The first-order valence-electron chi connectivity index (χ1n) is 6.72. The van der Waals surface area contributed by atoms with Crippen molar-refractivity contribution >= 4 is 10.0 Å². The number of sulfonamides is 1. The van der Waals surface area contributed by atoms with Gasteiger partial charge in [-0.25, -0.2) is 13.1 Å². The molecule has 0 amide bonds. The van der Waals surface area contributed by atoms with Crippen molar-refractivity contribution in [2.45, 2.75) is 57.8 Å². The van der Waals surface area contributed by atoms with Crippen LogP contribution in [0.5, 0.6) is 11.5 Å². The molecule has 1 aliphatic rings. The molecule has 1 aliphatic heterocycles. The summed E-state index contributed by atoms with van der Waals surface area (Å²) >= 11 is 0. The van der Waals surface area contributed by atoms with E-state index in [4.69, 9.17) is 9.47 Å². The molecule has 0 spiro atoms. The topological polar surface area (TPSA) is 64.6 Å². The largest absolute Gasteiger partial charge is 0.449 e. The van der Waals surface area contributed by atoms with Gasteiger partial charge in [-0.1, -0.05) is 6.92 Å². The summed E-state index contributed by atoms with van der Waals surface area (Å²) in [4.78, 5) is 0.230. The van der Waals surface area contributed by atoms with Crippen LogP contribution in [0.3, 0.4) is 0 Å². The molecule has 0 aromatic heterocycles. The highest BCUT2D eigenvalue weighted by Gasteiger charge is 2.36. The Morgan fingerprint density at radius 3 is 2.30 bits per heavy atom. The summed E-state index contributed by atoms with van der Waals surface area (Å²) in [5.41, 5.74) is 0.640. The van der Waals surface area contributed by atoms with E-state index < -0.39 is 15.8 Å². The SMILES string of the molecule is CCC1(C)Oc2cc(C)c(S(=O)(=O)NC(C)C)cc2O1. The third kappa shape index (κ3) is 2.76. The molecule has 112 valence electrons. The minimum Gasteiger partial charge on any atom is -0.449 e. The summed E-state index contributed by atoms with van der Waals surface area (Å²) in [6.07, 6.45) is 0.674. The van der Waals surface area contributed by atoms with Gasteiger partial charge >= 0.3 is 0 Å². The Kier molecular flexibility index (Phi) is 3.73. The number of ether oxygens (including phenoxy) is 2. The van der Waals surface area contributed by atoms with Crippen LogP contribution in [0.2, 0.25) is 0 Å². The van der Waals surface area contributed by atoms with Crippen molar-refractivity contribution in [2.24, 2.45) is 0 Å². The lowest BCUT2D eigenvalue weighted by Gasteiger charge is -2.20. The zero-order valence-electron chi connectivity index (χ0n) is 12.5. The van der Waals surface area contributed by atoms with E-state index in [-0.39, 0.29) is 10.9 Å². The molecule has 0 saturated heterocycles. The van der Waals surface area contributed by atoms with Crippen LogP contribution >= 0.6 is 0 Å². The van der Waals surface area contributed by atoms with Gasteiger partial charge in [-0.2, -0.15) is 0 Å². The zero-order valence-corrected chi connectivity index (χ0v) is 13.3. The van der Waals surface area contributed by atoms with Crippen molar-refractivity contribution in [3.63, 3.8) is 0 Å². The molecule has 1 aromatic carbocycles. The number of hydrogen-bond donors (Lipinski definition) is 1. The van der Waals surface area contributed by atoms with E-state index in [0.29, 0.717) is 23.5 Å². The molecule has 0 bridgehead atoms. The summed E-state index contributed by atoms with van der Waals surface area (Å²) in [5, 5.41) is 0. The van der Waals surface area contributed by atoms with Gasteiger partial charge in [-0.3, -0.25) is 0 Å². The molecule has 20 heavy (non-hydrogen) atoms. The summed E-state index contributed by atoms with van der Waals surface area (Å²) in [7, 11) is -3.54. The molecule has 0 fully saturated rings. The molecule has 1 unspecified atom stereocenters. The molecule has 6 heteroatoms. The number of aryl methyl sites for hydroxylation is 1. The molecule has 0 saturated carbocycles. The summed E-state index contributed by atoms with van der Waals surface area (Å²) < 4.78 is 38.6. The van der Waals surface area contributed by atoms with Crippen LogP contribution in [0, 0.1) is 6.92 Å². The van der Waals surface area contributed by atoms with Gasteiger partial charge < -0.3 is 9.47 Å². The Morgan fingerprint density at radius 2 is 1.80 bits per heavy atom. The van der Waals surface area contributed by atoms with E-state index in [0.717, 1.165) is 0 Å². The molecule has 5 nitrogen and oxygen atoms in total. The standard InChI is InChI=1S/C14H21NO4S/c1-6-14(5)18-11-7-10(4)13(8-12(11)19-14)20(16,17)15-9(2)3/h7-9,15H,6H2,1-5H3. The predicted octanol–water partition coefficient (Wildman–Crippen LogP) is 2.58. The molecule has 1 N–H and O–H groups in total. The fraction of sp³-hybridized carbons (Fsp3) is 0.571. The Morgan fingerprint density at radius 1 is 1.25 bits per heavy atom. The van der Waals surface area contributed by atoms with Crippen LogP contribution < -0.4 is 14.2 Å². The third-order valence-electron chi connectivity index (χ3n) is 3.22. The average Bonchev–Trinajstić information content (AvgIpc) is 2.62. The van der Waals surface area contributed by atoms with Gasteiger partial charge in [0, 0.05) is 25.5 Å². The van der Waals surface area contributed by atoms with E-state index in [9.17, 15) is 8.42 Å². The van der Waals surface area contributed by atoms with E-state index in [1.807, 2.05) is 13.8 Å². The smallest absolute Gasteiger partial charge is 0.248 e. The van der Waals surface area contributed by atoms with Gasteiger partial charge in [0.1, 0.15) is 0 Å². The summed E-state index contributed by atoms with van der Waals surface area (Å²) in [6, 6.07) is 3.09. The molecule has 0 radical (unpaired) electrons. The number of rotatable bonds is 4. The fourth-order valence-electron chi connectivity index (χ4n) is 2.10. The van der Waals surface area contributed by atoms with E-state index >= 15 is 0 Å². The Labute approximate surface area is 120 Å². The molecule has 2 rings (SSSR count). The van der Waals surface area contributed by atoms with Gasteiger partial charge in [0.15, 0.2) is 11.5 Å². The lowest BCUT2D eigenvalue weighted by atomic mass is 10.2. The maximum absolute atomic E-state index is 12.3. The van der Waals surface area contributed by atoms with Gasteiger partial charge in [-0.15, -0.1) is 0 Å². The molecule has 1 heterocycles. The molecule has 1 atom stereocenters. The Bertz CT molecular complexity index is 624. The van der Waals surface area contributed by atoms with Gasteiger partial charge in [0.25, 0.3) is 0 Å². The first-order valence-corrected chi connectivity index (χ1v) is 8.20. The van der Waals surface area contributed by atoms with E-state index in [2.05, 4.69) is 4.72 Å². The Balaban J connectivity index is 2.44. The fourth-order valence-corrected chi connectivity index (χ4v) is 3.59. The highest BCUT2D eigenvalue weighted by molar-refractivity contribution is 7.89. The predicted molar refractivity (Wildman–Crippen MR) is 76.6 cm³/mol. The second kappa shape index (κ2) is 4.93. The van der Waals surface area contributed by atoms with Crippen molar-refractivity contribution in [3.05, 3.63) is 17.7 Å². The van der Waals surface area contributed by atoms with Crippen LogP contribution in [-0.2, 0) is 10.0 Å². The quantitative estimate of drug-likeness (QED) is 0.928. The average molecular weight is 299 g/mol. The second-order valence-corrected chi connectivity index (χ2v) is 7.21. The zero-order chi connectivity index (χ0) is 15.1. The van der Waals surface area contributed by atoms with Crippen LogP contribution in [-0.4, -0.2) is 20.2 Å². The van der Waals surface area contributed by atoms with Gasteiger partial charge in [0.2, 0.25) is 15.8 Å². The maximum Gasteiger partial charge on any atom is 0.248 e. The van der Waals surface area contributed by atoms with Crippen molar-refractivity contribution < 1.29 is 17.9 Å². The first kappa shape index (κ1) is 15.1. The minimum atomic E-state index is -3.54. The lowest BCUT2D eigenvalue weighted by molar-refractivity contribution is -0.0640. The highest BCUT2D eigenvalue weighted by Crippen LogP contribution is 2.43. The van der Waals surface area contributed by atoms with Crippen molar-refractivity contribution in [1.29, 1.82) is 0 Å². The monoisotopic (exact) mass is 299 g/mol. The second-order valence-electron chi connectivity index (χ2n) is 5.53. The Hall–Kier alpha value is -1.27. The number of fused-ring (bicyclic) bond motifs is 1. The maximum atomic E-state index is 12.3. The van der Waals surface area contributed by atoms with Crippen molar-refractivity contribution in [2.75, 3.05) is 0 Å². The van der Waals surface area contributed by atoms with Crippen LogP contribution in [0.4, 0.5) is 0 Å². The first-order chi connectivity index (χ1) is 9.17. The summed E-state index contributed by atoms with van der Waals surface area (Å²) in [5.74, 6) is 0.349. The van der Waals surface area contributed by atoms with Crippen LogP contribution in [0.1, 0.15) is 39.7 Å². The number of hydrogen-bond acceptors (Lipinski definition) is 4. The number of benzene rings is 1. The molecular weight excluding hydrogens is 278 g/mol. The van der Waals surface area contributed by atoms with Crippen LogP contribution in [0.25, 0.3) is 0 Å². The lowest BCUT2D eigenvalue weighted by Crippen LogP contribution is -2.33. The van der Waals surface area contributed by atoms with Crippen molar-refractivity contribution in [3.8, 4) is 11.5 Å². The molecule has 1 aromatic rings. The normalized spacial score (nSPS) is 21.5.